The fourth-order valence-corrected chi connectivity index (χ4v) is 3.62. The standard InChI is InChI=1S/C25H38N6O9/c26-12-2-1-3-17(23(37)31-19(25(39)40)13-14-4-6-15(32)7-5-14)30-24(38)18(9-11-21(34)35)29-22(36)16(27)8-10-20(28)33/h4-7,16-19,32H,1-3,8-13,26-27H2,(H2,28,33)(H,29,36)(H,30,38)(H,31,37)(H,34,35)(H,39,40). The van der Waals surface area contributed by atoms with E-state index >= 15 is 0 Å². The Balaban J connectivity index is 3.04. The van der Waals surface area contributed by atoms with Crippen molar-refractivity contribution in [2.45, 2.75) is 75.5 Å². The summed E-state index contributed by atoms with van der Waals surface area (Å²) >= 11 is 0. The third kappa shape index (κ3) is 13.0. The van der Waals surface area contributed by atoms with Gasteiger partial charge in [0, 0.05) is 19.3 Å². The highest BCUT2D eigenvalue weighted by molar-refractivity contribution is 5.94. The molecule has 0 heterocycles. The van der Waals surface area contributed by atoms with Crippen LogP contribution >= 0.6 is 0 Å². The Bertz CT molecular complexity index is 1030. The Morgan fingerprint density at radius 2 is 1.30 bits per heavy atom. The van der Waals surface area contributed by atoms with Crippen LogP contribution in [0.2, 0.25) is 0 Å². The summed E-state index contributed by atoms with van der Waals surface area (Å²) < 4.78 is 0. The highest BCUT2D eigenvalue weighted by atomic mass is 16.4. The maximum atomic E-state index is 13.1. The van der Waals surface area contributed by atoms with Crippen LogP contribution in [0.4, 0.5) is 0 Å². The molecule has 1 rings (SSSR count). The molecule has 0 aliphatic heterocycles. The van der Waals surface area contributed by atoms with E-state index in [1.165, 1.54) is 24.3 Å². The maximum Gasteiger partial charge on any atom is 0.326 e. The first kappa shape index (κ1) is 33.8. The number of hydrogen-bond donors (Lipinski definition) is 9. The fourth-order valence-electron chi connectivity index (χ4n) is 3.62. The number of carbonyl (C=O) groups is 6. The predicted octanol–water partition coefficient (Wildman–Crippen LogP) is -1.94. The van der Waals surface area contributed by atoms with Crippen LogP contribution in [0.5, 0.6) is 5.75 Å². The van der Waals surface area contributed by atoms with E-state index in [0.29, 0.717) is 24.9 Å². The number of benzene rings is 1. The van der Waals surface area contributed by atoms with Gasteiger partial charge < -0.3 is 48.5 Å². The largest absolute Gasteiger partial charge is 0.508 e. The van der Waals surface area contributed by atoms with Gasteiger partial charge in [0.1, 0.15) is 23.9 Å². The summed E-state index contributed by atoms with van der Waals surface area (Å²) in [6, 6.07) is 0.566. The van der Waals surface area contributed by atoms with Gasteiger partial charge in [-0.2, -0.15) is 0 Å². The van der Waals surface area contributed by atoms with Crippen molar-refractivity contribution >= 4 is 35.6 Å². The number of phenolic OH excluding ortho intramolecular Hbond substituents is 1. The van der Waals surface area contributed by atoms with Crippen LogP contribution in [0.25, 0.3) is 0 Å². The van der Waals surface area contributed by atoms with Crippen LogP contribution in [0.15, 0.2) is 24.3 Å². The number of nitrogens with one attached hydrogen (secondary N) is 3. The molecule has 40 heavy (non-hydrogen) atoms. The summed E-state index contributed by atoms with van der Waals surface area (Å²) in [6.45, 7) is 0.307. The molecule has 0 aliphatic carbocycles. The zero-order valence-corrected chi connectivity index (χ0v) is 22.0. The summed E-state index contributed by atoms with van der Waals surface area (Å²) in [7, 11) is 0. The van der Waals surface area contributed by atoms with E-state index in [4.69, 9.17) is 22.3 Å². The molecule has 0 aliphatic rings. The SMILES string of the molecule is NCCCCC(NC(=O)C(CCC(=O)O)NC(=O)C(N)CCC(N)=O)C(=O)NC(Cc1ccc(O)cc1)C(=O)O. The van der Waals surface area contributed by atoms with Gasteiger partial charge >= 0.3 is 11.9 Å². The maximum absolute atomic E-state index is 13.1. The van der Waals surface area contributed by atoms with Crippen LogP contribution in [-0.2, 0) is 35.2 Å². The van der Waals surface area contributed by atoms with Crippen LogP contribution in [0.3, 0.4) is 0 Å². The number of primary amides is 1. The van der Waals surface area contributed by atoms with Crippen molar-refractivity contribution in [1.29, 1.82) is 0 Å². The van der Waals surface area contributed by atoms with E-state index in [2.05, 4.69) is 16.0 Å². The quantitative estimate of drug-likeness (QED) is 0.0830. The van der Waals surface area contributed by atoms with Gasteiger partial charge in [-0.15, -0.1) is 0 Å². The van der Waals surface area contributed by atoms with Gasteiger partial charge in [-0.25, -0.2) is 4.79 Å². The Hall–Kier alpha value is -4.24. The molecule has 4 amide bonds. The number of carboxylic acid groups (broad SMARTS) is 2. The third-order valence-corrected chi connectivity index (χ3v) is 5.89. The minimum atomic E-state index is -1.39. The van der Waals surface area contributed by atoms with Crippen molar-refractivity contribution in [2.75, 3.05) is 6.54 Å². The third-order valence-electron chi connectivity index (χ3n) is 5.89. The molecule has 12 N–H and O–H groups in total. The minimum Gasteiger partial charge on any atom is -0.508 e. The monoisotopic (exact) mass is 566 g/mol. The molecule has 0 bridgehead atoms. The van der Waals surface area contributed by atoms with Crippen LogP contribution in [0.1, 0.15) is 50.5 Å². The second-order valence-corrected chi connectivity index (χ2v) is 9.22. The average molecular weight is 567 g/mol. The number of hydrogen-bond acceptors (Lipinski definition) is 9. The van der Waals surface area contributed by atoms with Crippen molar-refractivity contribution in [3.63, 3.8) is 0 Å². The van der Waals surface area contributed by atoms with Crippen LogP contribution in [-0.4, -0.2) is 81.6 Å². The van der Waals surface area contributed by atoms with Gasteiger partial charge in [0.15, 0.2) is 0 Å². The second-order valence-electron chi connectivity index (χ2n) is 9.22. The first-order valence-corrected chi connectivity index (χ1v) is 12.7. The number of carbonyl (C=O) groups excluding carboxylic acids is 4. The molecule has 4 unspecified atom stereocenters. The number of carboxylic acids is 2. The van der Waals surface area contributed by atoms with Gasteiger partial charge in [0.2, 0.25) is 23.6 Å². The number of unbranched alkanes of at least 4 members (excludes halogenated alkanes) is 1. The normalized spacial score (nSPS) is 13.8. The molecule has 0 aromatic heterocycles. The van der Waals surface area contributed by atoms with E-state index in [1.54, 1.807) is 0 Å². The molecule has 1 aromatic rings. The van der Waals surface area contributed by atoms with Gasteiger partial charge in [0.25, 0.3) is 0 Å². The van der Waals surface area contributed by atoms with Crippen molar-refractivity contribution in [2.24, 2.45) is 17.2 Å². The topological polar surface area (TPSA) is 277 Å². The number of nitrogens with two attached hydrogens (primary N) is 3. The molecule has 4 atom stereocenters. The van der Waals surface area contributed by atoms with Gasteiger partial charge in [-0.1, -0.05) is 12.1 Å². The number of aromatic hydroxyl groups is 1. The van der Waals surface area contributed by atoms with Gasteiger partial charge in [0.05, 0.1) is 6.04 Å². The number of phenols is 1. The molecule has 0 saturated carbocycles. The molecule has 1 aromatic carbocycles. The Morgan fingerprint density at radius 3 is 1.82 bits per heavy atom. The lowest BCUT2D eigenvalue weighted by Crippen LogP contribution is -2.57. The molecule has 15 nitrogen and oxygen atoms in total. The summed E-state index contributed by atoms with van der Waals surface area (Å²) in [5.74, 6) is -5.77. The lowest BCUT2D eigenvalue weighted by atomic mass is 10.0. The predicted molar refractivity (Wildman–Crippen MR) is 141 cm³/mol. The first-order valence-electron chi connectivity index (χ1n) is 12.7. The van der Waals surface area contributed by atoms with Crippen LogP contribution in [0, 0.1) is 0 Å². The Labute approximate surface area is 230 Å². The number of amides is 4. The lowest BCUT2D eigenvalue weighted by Gasteiger charge is -2.25. The molecule has 0 saturated heterocycles. The Morgan fingerprint density at radius 1 is 0.750 bits per heavy atom. The molecule has 0 spiro atoms. The summed E-state index contributed by atoms with van der Waals surface area (Å²) in [5, 5.41) is 35.4. The molecule has 0 radical (unpaired) electrons. The van der Waals surface area contributed by atoms with E-state index in [0.717, 1.165) is 0 Å². The molecule has 15 heteroatoms. The molecule has 222 valence electrons. The first-order chi connectivity index (χ1) is 18.8. The number of rotatable bonds is 19. The van der Waals surface area contributed by atoms with Crippen molar-refractivity contribution < 1.29 is 44.1 Å². The molecular formula is C25H38N6O9. The summed E-state index contributed by atoms with van der Waals surface area (Å²) in [4.78, 5) is 72.6. The molecular weight excluding hydrogens is 528 g/mol. The highest BCUT2D eigenvalue weighted by Crippen LogP contribution is 2.12. The zero-order chi connectivity index (χ0) is 30.2. The van der Waals surface area contributed by atoms with Crippen molar-refractivity contribution in [3.05, 3.63) is 29.8 Å². The number of aliphatic carboxylic acids is 2. The van der Waals surface area contributed by atoms with Crippen molar-refractivity contribution in [3.8, 4) is 5.75 Å². The van der Waals surface area contributed by atoms with E-state index in [-0.39, 0.29) is 37.9 Å². The van der Waals surface area contributed by atoms with E-state index < -0.39 is 66.2 Å². The van der Waals surface area contributed by atoms with E-state index in [9.17, 15) is 39.0 Å². The van der Waals surface area contributed by atoms with Gasteiger partial charge in [-0.05, 0) is 56.3 Å². The molecule has 0 fully saturated rings. The Kier molecular flexibility index (Phi) is 14.7. The highest BCUT2D eigenvalue weighted by Gasteiger charge is 2.30. The lowest BCUT2D eigenvalue weighted by molar-refractivity contribution is -0.142. The smallest absolute Gasteiger partial charge is 0.326 e. The summed E-state index contributed by atoms with van der Waals surface area (Å²) in [5.41, 5.74) is 16.9. The minimum absolute atomic E-state index is 0.0132. The van der Waals surface area contributed by atoms with Crippen molar-refractivity contribution in [1.82, 2.24) is 16.0 Å². The fraction of sp³-hybridized carbons (Fsp3) is 0.520. The van der Waals surface area contributed by atoms with Crippen LogP contribution < -0.4 is 33.2 Å². The van der Waals surface area contributed by atoms with E-state index in [1.807, 2.05) is 0 Å². The summed E-state index contributed by atoms with van der Waals surface area (Å²) in [6.07, 6.45) is -0.228. The average Bonchev–Trinajstić information content (AvgIpc) is 2.89. The zero-order valence-electron chi connectivity index (χ0n) is 22.0. The second kappa shape index (κ2) is 17.4. The van der Waals surface area contributed by atoms with Gasteiger partial charge in [-0.3, -0.25) is 24.0 Å².